The largest absolute Gasteiger partial charge is 0.493 e. The van der Waals surface area contributed by atoms with Gasteiger partial charge in [-0.05, 0) is 48.2 Å². The van der Waals surface area contributed by atoms with Gasteiger partial charge in [-0.25, -0.2) is 4.68 Å². The van der Waals surface area contributed by atoms with Gasteiger partial charge in [-0.1, -0.05) is 38.5 Å². The molecule has 10 heteroatoms. The molecular formula is C29H41N7O3. The fourth-order valence-electron chi connectivity index (χ4n) is 7.03. The first-order valence-corrected chi connectivity index (χ1v) is 14.7. The van der Waals surface area contributed by atoms with Crippen LogP contribution >= 0.6 is 0 Å². The molecule has 2 aromatic heterocycles. The molecule has 3 aliphatic rings. The Bertz CT molecular complexity index is 1320. The Morgan fingerprint density at radius 1 is 0.846 bits per heavy atom. The molecule has 2 aliphatic carbocycles. The summed E-state index contributed by atoms with van der Waals surface area (Å²) in [5.74, 6) is 2.00. The number of aromatic amines is 1. The van der Waals surface area contributed by atoms with Gasteiger partial charge in [0.05, 0.1) is 25.8 Å². The number of piperazine rings is 1. The average Bonchev–Trinajstić information content (AvgIpc) is 3.47. The van der Waals surface area contributed by atoms with Crippen LogP contribution in [-0.2, 0) is 0 Å². The first kappa shape index (κ1) is 26.3. The Morgan fingerprint density at radius 2 is 1.49 bits per heavy atom. The van der Waals surface area contributed by atoms with Crippen molar-refractivity contribution in [2.75, 3.05) is 40.4 Å². The second-order valence-electron chi connectivity index (χ2n) is 11.4. The second kappa shape index (κ2) is 11.6. The fourth-order valence-corrected chi connectivity index (χ4v) is 7.03. The van der Waals surface area contributed by atoms with Crippen LogP contribution in [0.3, 0.4) is 0 Å². The van der Waals surface area contributed by atoms with Crippen LogP contribution in [0.2, 0.25) is 0 Å². The number of fused-ring (bicyclic) bond motifs is 1. The third kappa shape index (κ3) is 5.28. The molecule has 0 amide bonds. The monoisotopic (exact) mass is 535 g/mol. The SMILES string of the molecule is COc1cc2cc([C@@H](c3nnnn3C3CCCCC3)N3CCN(C4CCCCC4)CC3)c(=O)[nH]c2cc1OC. The van der Waals surface area contributed by atoms with Gasteiger partial charge in [0.25, 0.3) is 5.56 Å². The Balaban J connectivity index is 1.38. The van der Waals surface area contributed by atoms with Gasteiger partial charge in [-0.3, -0.25) is 14.6 Å². The van der Waals surface area contributed by atoms with Crippen LogP contribution in [0.1, 0.15) is 87.7 Å². The summed E-state index contributed by atoms with van der Waals surface area (Å²) in [7, 11) is 3.23. The molecule has 39 heavy (non-hydrogen) atoms. The zero-order valence-corrected chi connectivity index (χ0v) is 23.3. The zero-order chi connectivity index (χ0) is 26.8. The van der Waals surface area contributed by atoms with Crippen molar-refractivity contribution >= 4 is 10.9 Å². The lowest BCUT2D eigenvalue weighted by Gasteiger charge is -2.43. The van der Waals surface area contributed by atoms with Crippen molar-refractivity contribution in [3.63, 3.8) is 0 Å². The molecular weight excluding hydrogens is 494 g/mol. The summed E-state index contributed by atoms with van der Waals surface area (Å²) in [5, 5.41) is 14.1. The number of methoxy groups -OCH3 is 2. The van der Waals surface area contributed by atoms with Gasteiger partial charge in [0, 0.05) is 49.2 Å². The highest BCUT2D eigenvalue weighted by Crippen LogP contribution is 2.36. The Kier molecular flexibility index (Phi) is 7.83. The number of hydrogen-bond acceptors (Lipinski definition) is 8. The normalized spacial score (nSPS) is 21.3. The summed E-state index contributed by atoms with van der Waals surface area (Å²) in [6, 6.07) is 6.39. The van der Waals surface area contributed by atoms with Crippen molar-refractivity contribution in [1.29, 1.82) is 0 Å². The van der Waals surface area contributed by atoms with Crippen LogP contribution < -0.4 is 15.0 Å². The van der Waals surface area contributed by atoms with E-state index in [9.17, 15) is 4.79 Å². The van der Waals surface area contributed by atoms with Crippen LogP contribution in [0.5, 0.6) is 11.5 Å². The lowest BCUT2D eigenvalue weighted by molar-refractivity contribution is 0.0610. The van der Waals surface area contributed by atoms with Gasteiger partial charge >= 0.3 is 0 Å². The number of tetrazole rings is 1. The van der Waals surface area contributed by atoms with E-state index in [4.69, 9.17) is 9.47 Å². The van der Waals surface area contributed by atoms with Crippen LogP contribution in [0.15, 0.2) is 23.0 Å². The number of benzene rings is 1. The number of hydrogen-bond donors (Lipinski definition) is 1. The Labute approximate surface area is 229 Å². The molecule has 1 atom stereocenters. The van der Waals surface area contributed by atoms with Gasteiger partial charge < -0.3 is 14.5 Å². The predicted molar refractivity (Wildman–Crippen MR) is 149 cm³/mol. The third-order valence-corrected chi connectivity index (χ3v) is 9.16. The van der Waals surface area contributed by atoms with Crippen molar-refractivity contribution in [1.82, 2.24) is 35.0 Å². The molecule has 210 valence electrons. The van der Waals surface area contributed by atoms with Crippen LogP contribution in [0.4, 0.5) is 0 Å². The Morgan fingerprint density at radius 3 is 2.15 bits per heavy atom. The molecule has 6 rings (SSSR count). The lowest BCUT2D eigenvalue weighted by Crippen LogP contribution is -2.52. The predicted octanol–water partition coefficient (Wildman–Crippen LogP) is 4.08. The fraction of sp³-hybridized carbons (Fsp3) is 0.655. The summed E-state index contributed by atoms with van der Waals surface area (Å²) in [6.45, 7) is 3.76. The van der Waals surface area contributed by atoms with Gasteiger partial charge in [0.15, 0.2) is 17.3 Å². The maximum Gasteiger partial charge on any atom is 0.253 e. The second-order valence-corrected chi connectivity index (χ2v) is 11.4. The standard InChI is InChI=1S/C29H41N7O3/c1-38-25-18-20-17-23(29(37)30-24(20)19-26(25)39-2)27(28-31-32-33-36(28)22-11-7-4-8-12-22)35-15-13-34(14-16-35)21-9-5-3-6-10-21/h17-19,21-22,27H,3-16H2,1-2H3,(H,30,37)/t27-/m0/s1. The summed E-state index contributed by atoms with van der Waals surface area (Å²) >= 11 is 0. The van der Waals surface area contributed by atoms with E-state index in [2.05, 4.69) is 30.3 Å². The summed E-state index contributed by atoms with van der Waals surface area (Å²) < 4.78 is 13.1. The first-order valence-electron chi connectivity index (χ1n) is 14.7. The van der Waals surface area contributed by atoms with E-state index in [0.29, 0.717) is 28.6 Å². The van der Waals surface area contributed by atoms with E-state index in [-0.39, 0.29) is 17.6 Å². The molecule has 0 spiro atoms. The molecule has 0 unspecified atom stereocenters. The molecule has 1 N–H and O–H groups in total. The average molecular weight is 536 g/mol. The van der Waals surface area contributed by atoms with Gasteiger partial charge in [0.2, 0.25) is 0 Å². The highest BCUT2D eigenvalue weighted by atomic mass is 16.5. The summed E-state index contributed by atoms with van der Waals surface area (Å²) in [4.78, 5) is 21.9. The van der Waals surface area contributed by atoms with Gasteiger partial charge in [-0.2, -0.15) is 0 Å². The van der Waals surface area contributed by atoms with E-state index >= 15 is 0 Å². The first-order chi connectivity index (χ1) is 19.2. The molecule has 1 aromatic carbocycles. The minimum Gasteiger partial charge on any atom is -0.493 e. The molecule has 0 radical (unpaired) electrons. The molecule has 3 heterocycles. The highest BCUT2D eigenvalue weighted by molar-refractivity contribution is 5.83. The minimum absolute atomic E-state index is 0.118. The molecule has 3 fully saturated rings. The van der Waals surface area contributed by atoms with Crippen LogP contribution in [0, 0.1) is 0 Å². The molecule has 1 aliphatic heterocycles. The number of aromatic nitrogens is 5. The van der Waals surface area contributed by atoms with E-state index in [1.54, 1.807) is 14.2 Å². The third-order valence-electron chi connectivity index (χ3n) is 9.16. The maximum atomic E-state index is 13.7. The number of nitrogens with zero attached hydrogens (tertiary/aromatic N) is 6. The quantitative estimate of drug-likeness (QED) is 0.483. The molecule has 2 saturated carbocycles. The van der Waals surface area contributed by atoms with E-state index in [1.807, 2.05) is 22.9 Å². The minimum atomic E-state index is -0.323. The molecule has 1 saturated heterocycles. The van der Waals surface area contributed by atoms with Crippen molar-refractivity contribution < 1.29 is 9.47 Å². The van der Waals surface area contributed by atoms with Crippen LogP contribution in [-0.4, -0.2) is 81.4 Å². The maximum absolute atomic E-state index is 13.7. The van der Waals surface area contributed by atoms with Crippen molar-refractivity contribution in [3.8, 4) is 11.5 Å². The number of rotatable bonds is 7. The van der Waals surface area contributed by atoms with Crippen LogP contribution in [0.25, 0.3) is 10.9 Å². The number of H-pyrrole nitrogens is 1. The Hall–Kier alpha value is -2.98. The van der Waals surface area contributed by atoms with E-state index in [1.165, 1.54) is 51.4 Å². The van der Waals surface area contributed by atoms with Crippen molar-refractivity contribution in [2.45, 2.75) is 82.3 Å². The molecule has 10 nitrogen and oxygen atoms in total. The number of nitrogens with one attached hydrogen (secondary N) is 1. The van der Waals surface area contributed by atoms with Gasteiger partial charge in [0.1, 0.15) is 6.04 Å². The van der Waals surface area contributed by atoms with E-state index in [0.717, 1.165) is 50.2 Å². The lowest BCUT2D eigenvalue weighted by atomic mass is 9.93. The van der Waals surface area contributed by atoms with Crippen molar-refractivity contribution in [3.05, 3.63) is 39.9 Å². The molecule has 0 bridgehead atoms. The summed E-state index contributed by atoms with van der Waals surface area (Å²) in [5.41, 5.74) is 1.27. The zero-order valence-electron chi connectivity index (χ0n) is 23.3. The topological polar surface area (TPSA) is 101 Å². The van der Waals surface area contributed by atoms with Gasteiger partial charge in [-0.15, -0.1) is 5.10 Å². The number of pyridine rings is 1. The summed E-state index contributed by atoms with van der Waals surface area (Å²) in [6.07, 6.45) is 12.4. The van der Waals surface area contributed by atoms with E-state index < -0.39 is 0 Å². The highest BCUT2D eigenvalue weighted by Gasteiger charge is 2.35. The smallest absolute Gasteiger partial charge is 0.253 e. The molecule has 3 aromatic rings. The number of ether oxygens (including phenoxy) is 2. The van der Waals surface area contributed by atoms with Crippen molar-refractivity contribution in [2.24, 2.45) is 0 Å².